The summed E-state index contributed by atoms with van der Waals surface area (Å²) in [5, 5.41) is 13.2. The predicted octanol–water partition coefficient (Wildman–Crippen LogP) is 3.18. The maximum Gasteiger partial charge on any atom is 0.127 e. The Morgan fingerprint density at radius 3 is 2.35 bits per heavy atom. The minimum atomic E-state index is -0.776. The Kier molecular flexibility index (Phi) is 4.82. The van der Waals surface area contributed by atoms with Crippen LogP contribution in [0.15, 0.2) is 48.5 Å². The molecule has 2 aromatic carbocycles. The topological polar surface area (TPSA) is 32.3 Å². The number of hydrogen-bond donors (Lipinski definition) is 2. The molecular weight excluding hydrogens is 260 g/mol. The van der Waals surface area contributed by atoms with Crippen molar-refractivity contribution >= 4 is 0 Å². The molecule has 0 bridgehead atoms. The summed E-state index contributed by atoms with van der Waals surface area (Å²) in [5.41, 5.74) is 1.17. The zero-order valence-corrected chi connectivity index (χ0v) is 11.2. The van der Waals surface area contributed by atoms with Crippen LogP contribution in [0, 0.1) is 11.6 Å². The summed E-state index contributed by atoms with van der Waals surface area (Å²) in [7, 11) is 0. The van der Waals surface area contributed by atoms with Gasteiger partial charge in [0.25, 0.3) is 0 Å². The minimum Gasteiger partial charge on any atom is -0.387 e. The smallest absolute Gasteiger partial charge is 0.127 e. The summed E-state index contributed by atoms with van der Waals surface area (Å²) < 4.78 is 26.3. The molecule has 0 aromatic heterocycles. The molecule has 4 heteroatoms. The third-order valence-electron chi connectivity index (χ3n) is 3.26. The summed E-state index contributed by atoms with van der Waals surface area (Å²) in [6.07, 6.45) is -0.776. The van der Waals surface area contributed by atoms with E-state index in [-0.39, 0.29) is 17.7 Å². The van der Waals surface area contributed by atoms with E-state index >= 15 is 0 Å². The first-order valence-electron chi connectivity index (χ1n) is 6.48. The standard InChI is InChI=1S/C16H17F2NO/c1-11(16(20)12-6-8-14(17)9-7-12)19-10-13-4-2-3-5-15(13)18/h2-9,11,16,19-20H,10H2,1H3. The summed E-state index contributed by atoms with van der Waals surface area (Å²) in [4.78, 5) is 0. The lowest BCUT2D eigenvalue weighted by molar-refractivity contribution is 0.135. The van der Waals surface area contributed by atoms with Gasteiger partial charge in [-0.2, -0.15) is 0 Å². The first-order valence-corrected chi connectivity index (χ1v) is 6.48. The molecular formula is C16H17F2NO. The molecule has 0 aliphatic carbocycles. The van der Waals surface area contributed by atoms with Gasteiger partial charge in [0.15, 0.2) is 0 Å². The second kappa shape index (κ2) is 6.59. The molecule has 0 aliphatic heterocycles. The van der Waals surface area contributed by atoms with Gasteiger partial charge in [-0.3, -0.25) is 0 Å². The first kappa shape index (κ1) is 14.6. The molecule has 2 nitrogen and oxygen atoms in total. The molecule has 20 heavy (non-hydrogen) atoms. The molecule has 2 unspecified atom stereocenters. The fourth-order valence-electron chi connectivity index (χ4n) is 1.97. The van der Waals surface area contributed by atoms with Crippen molar-refractivity contribution in [3.8, 4) is 0 Å². The molecule has 0 saturated carbocycles. The van der Waals surface area contributed by atoms with Crippen molar-refractivity contribution in [2.45, 2.75) is 25.6 Å². The SMILES string of the molecule is CC(NCc1ccccc1F)C(O)c1ccc(F)cc1. The van der Waals surface area contributed by atoms with Gasteiger partial charge in [-0.05, 0) is 30.7 Å². The molecule has 0 heterocycles. The average molecular weight is 277 g/mol. The van der Waals surface area contributed by atoms with Crippen molar-refractivity contribution in [3.63, 3.8) is 0 Å². The summed E-state index contributed by atoms with van der Waals surface area (Å²) in [6.45, 7) is 2.13. The zero-order chi connectivity index (χ0) is 14.5. The molecule has 2 atom stereocenters. The number of nitrogens with one attached hydrogen (secondary N) is 1. The van der Waals surface area contributed by atoms with Crippen LogP contribution in [0.2, 0.25) is 0 Å². The molecule has 0 aliphatic rings. The summed E-state index contributed by atoms with van der Waals surface area (Å²) in [5.74, 6) is -0.614. The highest BCUT2D eigenvalue weighted by molar-refractivity contribution is 5.20. The summed E-state index contributed by atoms with van der Waals surface area (Å²) >= 11 is 0. The number of halogens is 2. The van der Waals surface area contributed by atoms with E-state index in [0.717, 1.165) is 0 Å². The van der Waals surface area contributed by atoms with Crippen LogP contribution in [0.1, 0.15) is 24.2 Å². The zero-order valence-electron chi connectivity index (χ0n) is 11.2. The fraction of sp³-hybridized carbons (Fsp3) is 0.250. The third kappa shape index (κ3) is 3.62. The van der Waals surface area contributed by atoms with Crippen molar-refractivity contribution in [1.29, 1.82) is 0 Å². The van der Waals surface area contributed by atoms with Crippen molar-refractivity contribution in [2.24, 2.45) is 0 Å². The molecule has 2 rings (SSSR count). The van der Waals surface area contributed by atoms with Crippen LogP contribution in [0.4, 0.5) is 8.78 Å². The molecule has 0 amide bonds. The van der Waals surface area contributed by atoms with Crippen molar-refractivity contribution in [1.82, 2.24) is 5.32 Å². The van der Waals surface area contributed by atoms with E-state index in [1.807, 2.05) is 0 Å². The second-order valence-electron chi connectivity index (χ2n) is 4.76. The minimum absolute atomic E-state index is 0.275. The van der Waals surface area contributed by atoms with Crippen LogP contribution in [-0.4, -0.2) is 11.1 Å². The van der Waals surface area contributed by atoms with Gasteiger partial charge < -0.3 is 10.4 Å². The lowest BCUT2D eigenvalue weighted by Gasteiger charge is -2.21. The van der Waals surface area contributed by atoms with E-state index in [9.17, 15) is 13.9 Å². The number of benzene rings is 2. The Bertz CT molecular complexity index is 557. The van der Waals surface area contributed by atoms with Crippen molar-refractivity contribution in [2.75, 3.05) is 0 Å². The lowest BCUT2D eigenvalue weighted by Crippen LogP contribution is -2.32. The van der Waals surface area contributed by atoms with E-state index in [1.54, 1.807) is 37.3 Å². The summed E-state index contributed by atoms with van der Waals surface area (Å²) in [6, 6.07) is 11.9. The van der Waals surface area contributed by atoms with Gasteiger partial charge in [0.1, 0.15) is 11.6 Å². The maximum absolute atomic E-state index is 13.5. The quantitative estimate of drug-likeness (QED) is 0.879. The molecule has 0 fully saturated rings. The molecule has 106 valence electrons. The van der Waals surface area contributed by atoms with E-state index < -0.39 is 6.10 Å². The van der Waals surface area contributed by atoms with E-state index in [2.05, 4.69) is 5.32 Å². The maximum atomic E-state index is 13.5. The Morgan fingerprint density at radius 2 is 1.70 bits per heavy atom. The molecule has 2 aromatic rings. The van der Waals surface area contributed by atoms with Gasteiger partial charge in [-0.15, -0.1) is 0 Å². The third-order valence-corrected chi connectivity index (χ3v) is 3.26. The van der Waals surface area contributed by atoms with Crippen molar-refractivity contribution < 1.29 is 13.9 Å². The monoisotopic (exact) mass is 277 g/mol. The largest absolute Gasteiger partial charge is 0.387 e. The number of aliphatic hydroxyl groups excluding tert-OH is 1. The van der Waals surface area contributed by atoms with Gasteiger partial charge in [0.05, 0.1) is 6.10 Å². The normalized spacial score (nSPS) is 14.0. The molecule has 0 radical (unpaired) electrons. The van der Waals surface area contributed by atoms with Gasteiger partial charge in [-0.1, -0.05) is 30.3 Å². The van der Waals surface area contributed by atoms with E-state index in [0.29, 0.717) is 17.7 Å². The highest BCUT2D eigenvalue weighted by atomic mass is 19.1. The van der Waals surface area contributed by atoms with Crippen LogP contribution in [0.3, 0.4) is 0 Å². The van der Waals surface area contributed by atoms with E-state index in [1.165, 1.54) is 18.2 Å². The van der Waals surface area contributed by atoms with Gasteiger partial charge in [-0.25, -0.2) is 8.78 Å². The number of rotatable bonds is 5. The van der Waals surface area contributed by atoms with Gasteiger partial charge in [0.2, 0.25) is 0 Å². The Hall–Kier alpha value is -1.78. The average Bonchev–Trinajstić information content (AvgIpc) is 2.46. The highest BCUT2D eigenvalue weighted by Gasteiger charge is 2.16. The van der Waals surface area contributed by atoms with Crippen LogP contribution >= 0.6 is 0 Å². The van der Waals surface area contributed by atoms with Crippen LogP contribution < -0.4 is 5.32 Å². The molecule has 0 saturated heterocycles. The lowest BCUT2D eigenvalue weighted by atomic mass is 10.0. The first-order chi connectivity index (χ1) is 9.58. The van der Waals surface area contributed by atoms with Crippen LogP contribution in [0.25, 0.3) is 0 Å². The molecule has 2 N–H and O–H groups in total. The predicted molar refractivity (Wildman–Crippen MR) is 74.1 cm³/mol. The number of aliphatic hydroxyl groups is 1. The van der Waals surface area contributed by atoms with Crippen molar-refractivity contribution in [3.05, 3.63) is 71.3 Å². The van der Waals surface area contributed by atoms with E-state index in [4.69, 9.17) is 0 Å². The van der Waals surface area contributed by atoms with Gasteiger partial charge in [0, 0.05) is 18.2 Å². The fourth-order valence-corrected chi connectivity index (χ4v) is 1.97. The second-order valence-corrected chi connectivity index (χ2v) is 4.76. The Labute approximate surface area is 117 Å². The van der Waals surface area contributed by atoms with Crippen LogP contribution in [-0.2, 0) is 6.54 Å². The van der Waals surface area contributed by atoms with Gasteiger partial charge >= 0.3 is 0 Å². The Balaban J connectivity index is 1.96. The molecule has 0 spiro atoms. The highest BCUT2D eigenvalue weighted by Crippen LogP contribution is 2.17. The number of hydrogen-bond acceptors (Lipinski definition) is 2. The van der Waals surface area contributed by atoms with Crippen LogP contribution in [0.5, 0.6) is 0 Å². The Morgan fingerprint density at radius 1 is 1.05 bits per heavy atom.